The third kappa shape index (κ3) is 472. The Labute approximate surface area is 47.4 Å². The van der Waals surface area contributed by atoms with Crippen molar-refractivity contribution < 1.29 is 39.1 Å². The molecule has 0 nitrogen and oxygen atoms in total. The molecule has 0 bridgehead atoms. The van der Waals surface area contributed by atoms with Crippen molar-refractivity contribution in [3.8, 4) is 0 Å². The molecule has 0 aliphatic carbocycles. The standard InChI is InChI=1S/CH4.4FH.Li.H/h1H4;4*1H;;/q;;;;;+1;-1. The molecule has 42 valence electrons. The van der Waals surface area contributed by atoms with Crippen molar-refractivity contribution in [2.75, 3.05) is 0 Å². The van der Waals surface area contributed by atoms with Gasteiger partial charge in [-0.2, -0.15) is 0 Å². The number of halogens is 4. The van der Waals surface area contributed by atoms with Gasteiger partial charge in [-0.1, -0.05) is 7.43 Å². The molecule has 0 atom stereocenters. The van der Waals surface area contributed by atoms with E-state index in [1.807, 2.05) is 0 Å². The minimum absolute atomic E-state index is 0. The topological polar surface area (TPSA) is 0 Å². The Bertz CT molecular complexity index is 11.7. The van der Waals surface area contributed by atoms with Crippen LogP contribution in [-0.4, -0.2) is 0 Å². The summed E-state index contributed by atoms with van der Waals surface area (Å²) in [6.07, 6.45) is 0. The average Bonchev–Trinajstić information content (AvgIpc) is 0. The van der Waals surface area contributed by atoms with E-state index in [1.54, 1.807) is 0 Å². The summed E-state index contributed by atoms with van der Waals surface area (Å²) in [6.45, 7) is 0. The molecule has 6 heavy (non-hydrogen) atoms. The molecule has 5 heteroatoms. The van der Waals surface area contributed by atoms with Crippen molar-refractivity contribution in [1.82, 2.24) is 0 Å². The molecule has 0 aliphatic heterocycles. The minimum atomic E-state index is 0. The van der Waals surface area contributed by atoms with E-state index in [-0.39, 0.29) is 46.5 Å². The van der Waals surface area contributed by atoms with Crippen LogP contribution in [0.1, 0.15) is 8.85 Å². The fraction of sp³-hybridized carbons (Fsp3) is 1.00. The largest absolute Gasteiger partial charge is 1.00 e. The molecule has 0 fully saturated rings. The van der Waals surface area contributed by atoms with Gasteiger partial charge in [-0.3, -0.25) is 18.8 Å². The third-order valence-electron chi connectivity index (χ3n) is 0. The van der Waals surface area contributed by atoms with Crippen LogP contribution < -0.4 is 18.9 Å². The second-order valence-electron chi connectivity index (χ2n) is 0. The first kappa shape index (κ1) is 1770. The van der Waals surface area contributed by atoms with Crippen LogP contribution in [0.4, 0.5) is 18.8 Å². The zero-order valence-electron chi connectivity index (χ0n) is 3.63. The van der Waals surface area contributed by atoms with E-state index in [1.165, 1.54) is 0 Å². The van der Waals surface area contributed by atoms with E-state index in [4.69, 9.17) is 0 Å². The van der Waals surface area contributed by atoms with Crippen molar-refractivity contribution in [2.45, 2.75) is 7.43 Å². The van der Waals surface area contributed by atoms with Crippen LogP contribution in [-0.2, 0) is 0 Å². The van der Waals surface area contributed by atoms with Crippen LogP contribution >= 0.6 is 0 Å². The van der Waals surface area contributed by atoms with E-state index in [9.17, 15) is 0 Å². The summed E-state index contributed by atoms with van der Waals surface area (Å²) in [7, 11) is 0. The summed E-state index contributed by atoms with van der Waals surface area (Å²) in [6, 6.07) is 0. The Morgan fingerprint density at radius 1 is 0.667 bits per heavy atom. The first-order valence-electron chi connectivity index (χ1n) is 0. The van der Waals surface area contributed by atoms with Crippen molar-refractivity contribution in [3.05, 3.63) is 0 Å². The summed E-state index contributed by atoms with van der Waals surface area (Å²) in [5, 5.41) is 0. The molecular formula is CH9F4Li. The molecular weight excluding hydrogens is 94.9 g/mol. The monoisotopic (exact) mass is 104 g/mol. The number of hydrogen-bond acceptors (Lipinski definition) is 0. The molecule has 0 unspecified atom stereocenters. The number of rotatable bonds is 0. The van der Waals surface area contributed by atoms with Gasteiger partial charge in [-0.15, -0.1) is 0 Å². The maximum Gasteiger partial charge on any atom is 1.00 e. The molecule has 0 radical (unpaired) electrons. The Morgan fingerprint density at radius 3 is 0.667 bits per heavy atom. The molecule has 0 heterocycles. The van der Waals surface area contributed by atoms with Gasteiger partial charge >= 0.3 is 18.9 Å². The van der Waals surface area contributed by atoms with Crippen molar-refractivity contribution in [3.63, 3.8) is 0 Å². The third-order valence-corrected chi connectivity index (χ3v) is 0. The van der Waals surface area contributed by atoms with Crippen LogP contribution in [0.5, 0.6) is 0 Å². The SMILES string of the molecule is C.F.F.F.F.[H-].[Li+]. The van der Waals surface area contributed by atoms with Gasteiger partial charge in [0.15, 0.2) is 0 Å². The maximum absolute atomic E-state index is 0. The zero-order chi connectivity index (χ0) is 0. The van der Waals surface area contributed by atoms with Gasteiger partial charge in [0.25, 0.3) is 0 Å². The molecule has 0 saturated carbocycles. The molecule has 0 saturated heterocycles. The Kier molecular flexibility index (Phi) is 291000. The van der Waals surface area contributed by atoms with Gasteiger partial charge in [0.1, 0.15) is 0 Å². The van der Waals surface area contributed by atoms with E-state index in [2.05, 4.69) is 0 Å². The quantitative estimate of drug-likeness (QED) is 0.255. The van der Waals surface area contributed by atoms with E-state index < -0.39 is 0 Å². The Morgan fingerprint density at radius 2 is 0.667 bits per heavy atom. The van der Waals surface area contributed by atoms with E-state index >= 15 is 0 Å². The molecule has 0 N–H and O–H groups in total. The molecule has 0 aromatic carbocycles. The van der Waals surface area contributed by atoms with E-state index in [0.29, 0.717) is 0 Å². The minimum Gasteiger partial charge on any atom is -1.00 e. The molecule has 0 aliphatic rings. The Hall–Kier alpha value is 0.317. The first-order valence-corrected chi connectivity index (χ1v) is 0. The molecule has 0 aromatic heterocycles. The van der Waals surface area contributed by atoms with Gasteiger partial charge < -0.3 is 1.43 Å². The molecule has 0 aromatic rings. The van der Waals surface area contributed by atoms with Crippen molar-refractivity contribution in [1.29, 1.82) is 0 Å². The second kappa shape index (κ2) is 984. The van der Waals surface area contributed by atoms with Crippen LogP contribution in [0.3, 0.4) is 0 Å². The molecule has 0 amide bonds. The summed E-state index contributed by atoms with van der Waals surface area (Å²) >= 11 is 0. The normalized spacial score (nSPS) is 0. The average molecular weight is 104 g/mol. The van der Waals surface area contributed by atoms with Gasteiger partial charge in [0.2, 0.25) is 0 Å². The van der Waals surface area contributed by atoms with Crippen LogP contribution in [0.25, 0.3) is 0 Å². The van der Waals surface area contributed by atoms with E-state index in [0.717, 1.165) is 0 Å². The molecule has 0 spiro atoms. The number of hydrogen-bond donors (Lipinski definition) is 0. The molecule has 0 rings (SSSR count). The first-order chi connectivity index (χ1) is 0. The van der Waals surface area contributed by atoms with Crippen LogP contribution in [0, 0.1) is 0 Å². The summed E-state index contributed by atoms with van der Waals surface area (Å²) in [4.78, 5) is 0. The smallest absolute Gasteiger partial charge is 1.00 e. The summed E-state index contributed by atoms with van der Waals surface area (Å²) < 4.78 is 0. The van der Waals surface area contributed by atoms with Gasteiger partial charge in [-0.05, 0) is 0 Å². The van der Waals surface area contributed by atoms with Gasteiger partial charge in [0, 0.05) is 0 Å². The van der Waals surface area contributed by atoms with Gasteiger partial charge in [0.05, 0.1) is 0 Å². The van der Waals surface area contributed by atoms with Crippen LogP contribution in [0.15, 0.2) is 0 Å². The summed E-state index contributed by atoms with van der Waals surface area (Å²) in [5.41, 5.74) is 0. The van der Waals surface area contributed by atoms with Gasteiger partial charge in [-0.25, -0.2) is 0 Å². The zero-order valence-corrected chi connectivity index (χ0v) is 2.63. The maximum atomic E-state index is 0. The predicted octanol–water partition coefficient (Wildman–Crippen LogP) is -1.64. The predicted molar refractivity (Wildman–Crippen MR) is 17.9 cm³/mol. The van der Waals surface area contributed by atoms with Crippen molar-refractivity contribution in [2.24, 2.45) is 0 Å². The fourth-order valence-corrected chi connectivity index (χ4v) is 0. The second-order valence-corrected chi connectivity index (χ2v) is 0. The Balaban J connectivity index is 0. The van der Waals surface area contributed by atoms with Crippen LogP contribution in [0.2, 0.25) is 0 Å². The van der Waals surface area contributed by atoms with Crippen molar-refractivity contribution >= 4 is 0 Å². The fourth-order valence-electron chi connectivity index (χ4n) is 0. The summed E-state index contributed by atoms with van der Waals surface area (Å²) in [5.74, 6) is 0.